The van der Waals surface area contributed by atoms with Gasteiger partial charge in [0.15, 0.2) is 0 Å². The van der Waals surface area contributed by atoms with Crippen molar-refractivity contribution in [2.75, 3.05) is 33.0 Å². The van der Waals surface area contributed by atoms with Crippen molar-refractivity contribution in [3.8, 4) is 6.07 Å². The lowest BCUT2D eigenvalue weighted by Crippen LogP contribution is -2.40. The summed E-state index contributed by atoms with van der Waals surface area (Å²) in [6.45, 7) is 9.75. The van der Waals surface area contributed by atoms with E-state index in [2.05, 4.69) is 18.3 Å². The fraction of sp³-hybridized carbons (Fsp3) is 0.929. The third-order valence-corrected chi connectivity index (χ3v) is 2.79. The molecule has 0 saturated heterocycles. The molecular weight excluding hydrogens is 228 g/mol. The Morgan fingerprint density at radius 1 is 1.06 bits per heavy atom. The van der Waals surface area contributed by atoms with Crippen LogP contribution in [0.1, 0.15) is 46.5 Å². The number of unbranched alkanes of at least 4 members (excludes halogenated alkanes) is 1. The Morgan fingerprint density at radius 2 is 1.67 bits per heavy atom. The molecule has 0 aromatic heterocycles. The molecule has 0 aliphatic carbocycles. The average molecular weight is 256 g/mol. The summed E-state index contributed by atoms with van der Waals surface area (Å²) in [6.07, 6.45) is 3.99. The van der Waals surface area contributed by atoms with Crippen molar-refractivity contribution >= 4 is 0 Å². The van der Waals surface area contributed by atoms with Crippen LogP contribution in [0.2, 0.25) is 0 Å². The second kappa shape index (κ2) is 11.5. The quantitative estimate of drug-likeness (QED) is 0.545. The molecular formula is C14H28N2O2. The first-order valence-electron chi connectivity index (χ1n) is 7.00. The molecule has 0 aromatic carbocycles. The van der Waals surface area contributed by atoms with E-state index in [0.29, 0.717) is 19.8 Å². The Kier molecular flexibility index (Phi) is 11.1. The topological polar surface area (TPSA) is 54.3 Å². The van der Waals surface area contributed by atoms with E-state index in [-0.39, 0.29) is 0 Å². The Bertz CT molecular complexity index is 228. The molecule has 0 fully saturated rings. The van der Waals surface area contributed by atoms with Crippen LogP contribution in [0.15, 0.2) is 0 Å². The van der Waals surface area contributed by atoms with Crippen molar-refractivity contribution < 1.29 is 9.47 Å². The minimum atomic E-state index is -0.421. The summed E-state index contributed by atoms with van der Waals surface area (Å²) in [5.74, 6) is 0. The molecule has 4 heteroatoms. The highest BCUT2D eigenvalue weighted by Gasteiger charge is 2.21. The van der Waals surface area contributed by atoms with Gasteiger partial charge in [-0.1, -0.05) is 20.3 Å². The summed E-state index contributed by atoms with van der Waals surface area (Å²) in [5, 5.41) is 12.3. The molecule has 0 aromatic rings. The summed E-state index contributed by atoms with van der Waals surface area (Å²) >= 11 is 0. The van der Waals surface area contributed by atoms with E-state index < -0.39 is 5.54 Å². The summed E-state index contributed by atoms with van der Waals surface area (Å²) in [4.78, 5) is 0. The van der Waals surface area contributed by atoms with Crippen LogP contribution in [0.5, 0.6) is 0 Å². The van der Waals surface area contributed by atoms with E-state index in [1.54, 1.807) is 0 Å². The van der Waals surface area contributed by atoms with Gasteiger partial charge in [-0.2, -0.15) is 5.26 Å². The zero-order chi connectivity index (χ0) is 13.7. The summed E-state index contributed by atoms with van der Waals surface area (Å²) in [5.41, 5.74) is -0.421. The van der Waals surface area contributed by atoms with Crippen molar-refractivity contribution in [1.29, 1.82) is 5.26 Å². The molecule has 18 heavy (non-hydrogen) atoms. The fourth-order valence-corrected chi connectivity index (χ4v) is 1.67. The average Bonchev–Trinajstić information content (AvgIpc) is 2.37. The molecule has 0 aliphatic heterocycles. The molecule has 1 N–H and O–H groups in total. The number of ether oxygens (including phenoxy) is 2. The maximum Gasteiger partial charge on any atom is 0.104 e. The standard InChI is InChI=1S/C14H28N2O2/c1-4-6-9-17-11-12-18-10-7-8-14(3,13-15)16-5-2/h16H,4-12H2,1-3H3. The smallest absolute Gasteiger partial charge is 0.104 e. The van der Waals surface area contributed by atoms with Crippen molar-refractivity contribution in [3.63, 3.8) is 0 Å². The van der Waals surface area contributed by atoms with Crippen LogP contribution in [0.25, 0.3) is 0 Å². The lowest BCUT2D eigenvalue weighted by atomic mass is 9.98. The van der Waals surface area contributed by atoms with Crippen LogP contribution in [0.4, 0.5) is 0 Å². The Labute approximate surface area is 112 Å². The molecule has 0 bridgehead atoms. The zero-order valence-electron chi connectivity index (χ0n) is 12.1. The predicted molar refractivity (Wildman–Crippen MR) is 73.5 cm³/mol. The molecule has 0 saturated carbocycles. The summed E-state index contributed by atoms with van der Waals surface area (Å²) < 4.78 is 10.9. The predicted octanol–water partition coefficient (Wildman–Crippen LogP) is 2.49. The first kappa shape index (κ1) is 17.4. The monoisotopic (exact) mass is 256 g/mol. The third-order valence-electron chi connectivity index (χ3n) is 2.79. The number of nitrogens with one attached hydrogen (secondary N) is 1. The van der Waals surface area contributed by atoms with E-state index in [1.165, 1.54) is 0 Å². The van der Waals surface area contributed by atoms with Crippen LogP contribution in [-0.4, -0.2) is 38.5 Å². The van der Waals surface area contributed by atoms with E-state index >= 15 is 0 Å². The van der Waals surface area contributed by atoms with Crippen molar-refractivity contribution in [3.05, 3.63) is 0 Å². The molecule has 0 heterocycles. The Morgan fingerprint density at radius 3 is 2.17 bits per heavy atom. The van der Waals surface area contributed by atoms with Crippen molar-refractivity contribution in [2.24, 2.45) is 0 Å². The first-order chi connectivity index (χ1) is 8.68. The molecule has 0 aliphatic rings. The van der Waals surface area contributed by atoms with E-state index in [0.717, 1.165) is 38.8 Å². The lowest BCUT2D eigenvalue weighted by molar-refractivity contribution is 0.0443. The Balaban J connectivity index is 3.37. The lowest BCUT2D eigenvalue weighted by Gasteiger charge is -2.22. The molecule has 106 valence electrons. The van der Waals surface area contributed by atoms with Crippen molar-refractivity contribution in [2.45, 2.75) is 52.0 Å². The van der Waals surface area contributed by atoms with Crippen LogP contribution in [0.3, 0.4) is 0 Å². The van der Waals surface area contributed by atoms with E-state index in [9.17, 15) is 0 Å². The van der Waals surface area contributed by atoms with Gasteiger partial charge >= 0.3 is 0 Å². The van der Waals surface area contributed by atoms with Crippen molar-refractivity contribution in [1.82, 2.24) is 5.32 Å². The summed E-state index contributed by atoms with van der Waals surface area (Å²) in [7, 11) is 0. The van der Waals surface area contributed by atoms with Crippen LogP contribution < -0.4 is 5.32 Å². The van der Waals surface area contributed by atoms with Gasteiger partial charge in [0.05, 0.1) is 19.3 Å². The van der Waals surface area contributed by atoms with Gasteiger partial charge in [0.2, 0.25) is 0 Å². The number of hydrogen-bond acceptors (Lipinski definition) is 4. The van der Waals surface area contributed by atoms with Gasteiger partial charge in [-0.05, 0) is 32.7 Å². The molecule has 0 radical (unpaired) electrons. The number of nitriles is 1. The minimum absolute atomic E-state index is 0.421. The van der Waals surface area contributed by atoms with Gasteiger partial charge in [-0.15, -0.1) is 0 Å². The summed E-state index contributed by atoms with van der Waals surface area (Å²) in [6, 6.07) is 2.31. The first-order valence-corrected chi connectivity index (χ1v) is 7.00. The maximum absolute atomic E-state index is 9.07. The Hall–Kier alpha value is -0.630. The van der Waals surface area contributed by atoms with Gasteiger partial charge in [-0.3, -0.25) is 5.32 Å². The molecule has 1 atom stereocenters. The largest absolute Gasteiger partial charge is 0.379 e. The zero-order valence-corrected chi connectivity index (χ0v) is 12.1. The number of rotatable bonds is 12. The van der Waals surface area contributed by atoms with Gasteiger partial charge in [0.25, 0.3) is 0 Å². The normalized spacial score (nSPS) is 14.1. The maximum atomic E-state index is 9.07. The molecule has 4 nitrogen and oxygen atoms in total. The second-order valence-corrected chi connectivity index (χ2v) is 4.66. The molecule has 0 rings (SSSR count). The van der Waals surface area contributed by atoms with Gasteiger partial charge < -0.3 is 9.47 Å². The minimum Gasteiger partial charge on any atom is -0.379 e. The highest BCUT2D eigenvalue weighted by molar-refractivity contribution is 5.03. The van der Waals surface area contributed by atoms with Gasteiger partial charge in [0, 0.05) is 13.2 Å². The molecule has 1 unspecified atom stereocenters. The van der Waals surface area contributed by atoms with E-state index in [1.807, 2.05) is 13.8 Å². The van der Waals surface area contributed by atoms with Crippen LogP contribution in [0, 0.1) is 11.3 Å². The number of nitrogens with zero attached hydrogens (tertiary/aromatic N) is 1. The van der Waals surface area contributed by atoms with E-state index in [4.69, 9.17) is 14.7 Å². The van der Waals surface area contributed by atoms with Gasteiger partial charge in [0.1, 0.15) is 5.54 Å². The SMILES string of the molecule is CCCCOCCOCCCC(C)(C#N)NCC. The third kappa shape index (κ3) is 9.41. The highest BCUT2D eigenvalue weighted by Crippen LogP contribution is 2.10. The molecule has 0 amide bonds. The highest BCUT2D eigenvalue weighted by atomic mass is 16.5. The van der Waals surface area contributed by atoms with Gasteiger partial charge in [-0.25, -0.2) is 0 Å². The molecule has 0 spiro atoms. The van der Waals surface area contributed by atoms with Crippen LogP contribution >= 0.6 is 0 Å². The number of hydrogen-bond donors (Lipinski definition) is 1. The second-order valence-electron chi connectivity index (χ2n) is 4.66. The van der Waals surface area contributed by atoms with Crippen LogP contribution in [-0.2, 0) is 9.47 Å². The fourth-order valence-electron chi connectivity index (χ4n) is 1.67.